The van der Waals surface area contributed by atoms with Crippen molar-refractivity contribution < 1.29 is 4.39 Å². The van der Waals surface area contributed by atoms with E-state index in [-0.39, 0.29) is 11.7 Å². The summed E-state index contributed by atoms with van der Waals surface area (Å²) in [4.78, 5) is 1.25. The first-order valence-corrected chi connectivity index (χ1v) is 6.18. The zero-order valence-corrected chi connectivity index (χ0v) is 9.71. The molecule has 0 amide bonds. The van der Waals surface area contributed by atoms with Gasteiger partial charge in [-0.1, -0.05) is 18.2 Å². The number of benzene rings is 1. The molecule has 2 N–H and O–H groups in total. The standard InChI is InChI=1S/C13H14FNS/c14-11-4-1-3-10(9-11)12(6-7-15)13-5-2-8-16-13/h1-5,8-9,12H,6-7,15H2. The summed E-state index contributed by atoms with van der Waals surface area (Å²) in [6.45, 7) is 0.610. The number of rotatable bonds is 4. The molecule has 2 aromatic rings. The summed E-state index contributed by atoms with van der Waals surface area (Å²) in [6.07, 6.45) is 0.851. The van der Waals surface area contributed by atoms with Gasteiger partial charge in [-0.2, -0.15) is 0 Å². The van der Waals surface area contributed by atoms with Crippen LogP contribution in [0.25, 0.3) is 0 Å². The Bertz CT molecular complexity index is 439. The molecule has 1 aromatic carbocycles. The lowest BCUT2D eigenvalue weighted by Crippen LogP contribution is -2.07. The number of hydrogen-bond donors (Lipinski definition) is 1. The average molecular weight is 235 g/mol. The van der Waals surface area contributed by atoms with Crippen LogP contribution in [0.2, 0.25) is 0 Å². The molecule has 84 valence electrons. The van der Waals surface area contributed by atoms with Crippen LogP contribution >= 0.6 is 11.3 Å². The molecule has 1 aromatic heterocycles. The normalized spacial score (nSPS) is 12.6. The second-order valence-electron chi connectivity index (χ2n) is 3.70. The van der Waals surface area contributed by atoms with Crippen molar-refractivity contribution in [3.63, 3.8) is 0 Å². The third kappa shape index (κ3) is 2.49. The van der Waals surface area contributed by atoms with Crippen molar-refractivity contribution in [2.75, 3.05) is 6.54 Å². The second kappa shape index (κ2) is 5.23. The maximum atomic E-state index is 13.2. The van der Waals surface area contributed by atoms with Crippen molar-refractivity contribution in [3.05, 3.63) is 58.0 Å². The fraction of sp³-hybridized carbons (Fsp3) is 0.231. The SMILES string of the molecule is NCCC(c1cccc(F)c1)c1cccs1. The smallest absolute Gasteiger partial charge is 0.123 e. The zero-order valence-electron chi connectivity index (χ0n) is 8.90. The molecule has 0 fully saturated rings. The van der Waals surface area contributed by atoms with Gasteiger partial charge in [0.25, 0.3) is 0 Å². The average Bonchev–Trinajstić information content (AvgIpc) is 2.79. The summed E-state index contributed by atoms with van der Waals surface area (Å²) in [5.74, 6) is 0.0387. The Morgan fingerprint density at radius 3 is 2.75 bits per heavy atom. The predicted molar refractivity (Wildman–Crippen MR) is 66.2 cm³/mol. The third-order valence-electron chi connectivity index (χ3n) is 2.59. The van der Waals surface area contributed by atoms with Gasteiger partial charge in [0.2, 0.25) is 0 Å². The minimum Gasteiger partial charge on any atom is -0.330 e. The summed E-state index contributed by atoms with van der Waals surface area (Å²) in [7, 11) is 0. The molecule has 1 unspecified atom stereocenters. The number of hydrogen-bond acceptors (Lipinski definition) is 2. The maximum absolute atomic E-state index is 13.2. The van der Waals surface area contributed by atoms with Gasteiger partial charge in [0.1, 0.15) is 5.82 Å². The highest BCUT2D eigenvalue weighted by atomic mass is 32.1. The lowest BCUT2D eigenvalue weighted by Gasteiger charge is -2.14. The molecule has 0 spiro atoms. The van der Waals surface area contributed by atoms with Crippen LogP contribution in [0.5, 0.6) is 0 Å². The Labute approximate surface area is 98.7 Å². The lowest BCUT2D eigenvalue weighted by atomic mass is 9.94. The molecule has 0 aliphatic rings. The van der Waals surface area contributed by atoms with Crippen LogP contribution in [-0.2, 0) is 0 Å². The first-order valence-electron chi connectivity index (χ1n) is 5.30. The lowest BCUT2D eigenvalue weighted by molar-refractivity contribution is 0.621. The molecule has 1 nitrogen and oxygen atoms in total. The van der Waals surface area contributed by atoms with E-state index in [2.05, 4.69) is 6.07 Å². The molecule has 0 saturated carbocycles. The first-order chi connectivity index (χ1) is 7.81. The highest BCUT2D eigenvalue weighted by Gasteiger charge is 2.14. The van der Waals surface area contributed by atoms with E-state index in [1.807, 2.05) is 17.5 Å². The largest absolute Gasteiger partial charge is 0.330 e. The predicted octanol–water partition coefficient (Wildman–Crippen LogP) is 3.37. The number of halogens is 1. The van der Waals surface area contributed by atoms with Crippen LogP contribution in [0.15, 0.2) is 41.8 Å². The van der Waals surface area contributed by atoms with Crippen LogP contribution in [0, 0.1) is 5.82 Å². The van der Waals surface area contributed by atoms with Gasteiger partial charge in [0.15, 0.2) is 0 Å². The molecular weight excluding hydrogens is 221 g/mol. The molecule has 0 saturated heterocycles. The Morgan fingerprint density at radius 1 is 1.25 bits per heavy atom. The van der Waals surface area contributed by atoms with Crippen molar-refractivity contribution in [2.45, 2.75) is 12.3 Å². The van der Waals surface area contributed by atoms with Gasteiger partial charge in [-0.3, -0.25) is 0 Å². The monoisotopic (exact) mass is 235 g/mol. The Morgan fingerprint density at radius 2 is 2.12 bits per heavy atom. The van der Waals surface area contributed by atoms with Gasteiger partial charge in [-0.25, -0.2) is 4.39 Å². The molecule has 0 bridgehead atoms. The molecule has 2 rings (SSSR count). The van der Waals surface area contributed by atoms with E-state index in [0.29, 0.717) is 6.54 Å². The van der Waals surface area contributed by atoms with Crippen molar-refractivity contribution in [1.82, 2.24) is 0 Å². The van der Waals surface area contributed by atoms with Crippen molar-refractivity contribution in [1.29, 1.82) is 0 Å². The second-order valence-corrected chi connectivity index (χ2v) is 4.68. The van der Waals surface area contributed by atoms with Crippen LogP contribution < -0.4 is 5.73 Å². The molecule has 16 heavy (non-hydrogen) atoms. The van der Waals surface area contributed by atoms with Gasteiger partial charge < -0.3 is 5.73 Å². The Kier molecular flexibility index (Phi) is 3.70. The summed E-state index contributed by atoms with van der Waals surface area (Å²) in [5.41, 5.74) is 6.63. The zero-order chi connectivity index (χ0) is 11.4. The van der Waals surface area contributed by atoms with Crippen LogP contribution in [0.1, 0.15) is 22.8 Å². The molecule has 0 aliphatic carbocycles. The van der Waals surface area contributed by atoms with Gasteiger partial charge in [0, 0.05) is 10.8 Å². The molecule has 0 radical (unpaired) electrons. The molecular formula is C13H14FNS. The van der Waals surface area contributed by atoms with Gasteiger partial charge >= 0.3 is 0 Å². The van der Waals surface area contributed by atoms with E-state index >= 15 is 0 Å². The van der Waals surface area contributed by atoms with E-state index < -0.39 is 0 Å². The number of thiophene rings is 1. The molecule has 3 heteroatoms. The quantitative estimate of drug-likeness (QED) is 0.864. The van der Waals surface area contributed by atoms with Crippen LogP contribution in [-0.4, -0.2) is 6.54 Å². The summed E-state index contributed by atoms with van der Waals surface area (Å²) in [6, 6.07) is 10.9. The van der Waals surface area contributed by atoms with Gasteiger partial charge in [-0.15, -0.1) is 11.3 Å². The van der Waals surface area contributed by atoms with E-state index in [4.69, 9.17) is 5.73 Å². The van der Waals surface area contributed by atoms with Crippen molar-refractivity contribution in [3.8, 4) is 0 Å². The Hall–Kier alpha value is -1.19. The third-order valence-corrected chi connectivity index (χ3v) is 3.58. The van der Waals surface area contributed by atoms with E-state index in [1.165, 1.54) is 10.9 Å². The van der Waals surface area contributed by atoms with E-state index in [1.54, 1.807) is 23.5 Å². The van der Waals surface area contributed by atoms with E-state index in [9.17, 15) is 4.39 Å². The summed E-state index contributed by atoms with van der Waals surface area (Å²) in [5, 5.41) is 2.04. The Balaban J connectivity index is 2.33. The van der Waals surface area contributed by atoms with Crippen LogP contribution in [0.3, 0.4) is 0 Å². The fourth-order valence-corrected chi connectivity index (χ4v) is 2.74. The molecule has 1 heterocycles. The van der Waals surface area contributed by atoms with Gasteiger partial charge in [0.05, 0.1) is 0 Å². The van der Waals surface area contributed by atoms with Gasteiger partial charge in [-0.05, 0) is 42.1 Å². The molecule has 0 aliphatic heterocycles. The summed E-state index contributed by atoms with van der Waals surface area (Å²) < 4.78 is 13.2. The van der Waals surface area contributed by atoms with Crippen molar-refractivity contribution >= 4 is 11.3 Å². The topological polar surface area (TPSA) is 26.0 Å². The maximum Gasteiger partial charge on any atom is 0.123 e. The highest BCUT2D eigenvalue weighted by molar-refractivity contribution is 7.10. The minimum absolute atomic E-state index is 0.184. The first kappa shape index (κ1) is 11.3. The minimum atomic E-state index is -0.184. The fourth-order valence-electron chi connectivity index (χ4n) is 1.85. The van der Waals surface area contributed by atoms with Crippen LogP contribution in [0.4, 0.5) is 4.39 Å². The molecule has 1 atom stereocenters. The van der Waals surface area contributed by atoms with E-state index in [0.717, 1.165) is 12.0 Å². The summed E-state index contributed by atoms with van der Waals surface area (Å²) >= 11 is 1.69. The number of nitrogens with two attached hydrogens (primary N) is 1. The van der Waals surface area contributed by atoms with Crippen molar-refractivity contribution in [2.24, 2.45) is 5.73 Å². The highest BCUT2D eigenvalue weighted by Crippen LogP contribution is 2.30.